The molecular weight excluding hydrogens is 554 g/mol. The van der Waals surface area contributed by atoms with Crippen molar-refractivity contribution in [1.82, 2.24) is 25.1 Å². The molecule has 0 radical (unpaired) electrons. The van der Waals surface area contributed by atoms with Gasteiger partial charge in [-0.3, -0.25) is 9.59 Å². The molecule has 0 unspecified atom stereocenters. The molecule has 0 aromatic carbocycles. The first kappa shape index (κ1) is 29.5. The van der Waals surface area contributed by atoms with Crippen LogP contribution in [-0.2, 0) is 26.6 Å². The van der Waals surface area contributed by atoms with Gasteiger partial charge in [0.1, 0.15) is 12.2 Å². The molecule has 2 aromatic heterocycles. The van der Waals surface area contributed by atoms with E-state index in [1.807, 2.05) is 0 Å². The fourth-order valence-corrected chi connectivity index (χ4v) is 4.65. The van der Waals surface area contributed by atoms with E-state index in [4.69, 9.17) is 14.2 Å². The van der Waals surface area contributed by atoms with Crippen LogP contribution in [-0.4, -0.2) is 89.2 Å². The van der Waals surface area contributed by atoms with Gasteiger partial charge >= 0.3 is 12.4 Å². The molecule has 4 heterocycles. The number of hydrogen-bond donors (Lipinski definition) is 1. The summed E-state index contributed by atoms with van der Waals surface area (Å²) < 4.78 is 94.3. The summed E-state index contributed by atoms with van der Waals surface area (Å²) in [7, 11) is 1.31. The molecule has 1 amide bonds. The number of likely N-dealkylation sites (tertiary alicyclic amines) is 1. The first-order valence-electron chi connectivity index (χ1n) is 12.2. The van der Waals surface area contributed by atoms with Crippen LogP contribution in [0.2, 0.25) is 0 Å². The number of carbonyl (C=O) groups is 1. The predicted molar refractivity (Wildman–Crippen MR) is 124 cm³/mol. The third-order valence-corrected chi connectivity index (χ3v) is 6.58. The van der Waals surface area contributed by atoms with E-state index < -0.39 is 47.0 Å². The first-order valence-corrected chi connectivity index (χ1v) is 12.2. The maximum Gasteiger partial charge on any atom is 0.425 e. The summed E-state index contributed by atoms with van der Waals surface area (Å²) in [5.74, 6) is -0.895. The lowest BCUT2D eigenvalue weighted by Crippen LogP contribution is -2.47. The summed E-state index contributed by atoms with van der Waals surface area (Å²) in [4.78, 5) is 35.8. The summed E-state index contributed by atoms with van der Waals surface area (Å²) in [5, 5.41) is 5.08. The second-order valence-corrected chi connectivity index (χ2v) is 9.26. The number of ether oxygens (including phenoxy) is 3. The lowest BCUT2D eigenvalue weighted by Gasteiger charge is -2.36. The molecule has 220 valence electrons. The Morgan fingerprint density at radius 1 is 0.975 bits per heavy atom. The summed E-state index contributed by atoms with van der Waals surface area (Å²) in [5.41, 5.74) is -3.94. The van der Waals surface area contributed by atoms with Crippen molar-refractivity contribution in [3.63, 3.8) is 0 Å². The van der Waals surface area contributed by atoms with Crippen molar-refractivity contribution in [2.75, 3.05) is 44.9 Å². The van der Waals surface area contributed by atoms with Crippen LogP contribution in [0.4, 0.5) is 32.3 Å². The smallest absolute Gasteiger partial charge is 0.425 e. The number of halogens is 6. The van der Waals surface area contributed by atoms with Gasteiger partial charge in [-0.1, -0.05) is 0 Å². The zero-order chi connectivity index (χ0) is 29.1. The molecule has 1 N–H and O–H groups in total. The van der Waals surface area contributed by atoms with Crippen LogP contribution in [0.15, 0.2) is 23.4 Å². The molecule has 40 heavy (non-hydrogen) atoms. The molecule has 17 heteroatoms. The van der Waals surface area contributed by atoms with Gasteiger partial charge in [0, 0.05) is 51.6 Å². The van der Waals surface area contributed by atoms with Crippen LogP contribution in [0.5, 0.6) is 5.75 Å². The quantitative estimate of drug-likeness (QED) is 0.445. The zero-order valence-corrected chi connectivity index (χ0v) is 21.2. The van der Waals surface area contributed by atoms with Gasteiger partial charge in [-0.15, -0.1) is 0 Å². The Morgan fingerprint density at radius 3 is 2.25 bits per heavy atom. The molecule has 2 aliphatic rings. The van der Waals surface area contributed by atoms with E-state index in [-0.39, 0.29) is 31.1 Å². The van der Waals surface area contributed by atoms with Gasteiger partial charge in [0.05, 0.1) is 25.0 Å². The van der Waals surface area contributed by atoms with Crippen LogP contribution in [0.1, 0.15) is 30.4 Å². The van der Waals surface area contributed by atoms with Crippen LogP contribution >= 0.6 is 0 Å². The molecule has 0 saturated carbocycles. The SMILES string of the molecule is COC[C@@H](CO[C@H]1CCN(C2CCN(c3ncc(C(F)(F)F)cn3)CC2)C1=O)Oc1cn[nH]c(=O)c1C(F)(F)F. The van der Waals surface area contributed by atoms with E-state index in [9.17, 15) is 35.9 Å². The molecule has 2 aliphatic heterocycles. The molecule has 0 bridgehead atoms. The second-order valence-electron chi connectivity index (χ2n) is 9.26. The number of nitrogens with zero attached hydrogens (tertiary/aromatic N) is 5. The standard InChI is InChI=1S/C23H26F6N6O5/c1-38-11-15(40-17-10-32-33-19(36)18(17)23(27,28)29)12-39-16-4-7-35(20(16)37)14-2-5-34(6-3-14)21-30-8-13(9-31-21)22(24,25)26/h8-10,14-16H,2-7,11-12H2,1H3,(H,33,36)/t15-,16-/m0/s1. The van der Waals surface area contributed by atoms with Gasteiger partial charge < -0.3 is 24.0 Å². The summed E-state index contributed by atoms with van der Waals surface area (Å²) in [6, 6.07) is -0.130. The summed E-state index contributed by atoms with van der Waals surface area (Å²) in [6.07, 6.45) is -7.81. The van der Waals surface area contributed by atoms with Crippen molar-refractivity contribution >= 4 is 11.9 Å². The van der Waals surface area contributed by atoms with Gasteiger partial charge in [0.2, 0.25) is 5.95 Å². The lowest BCUT2D eigenvalue weighted by atomic mass is 10.0. The average Bonchev–Trinajstić information content (AvgIpc) is 3.26. The second kappa shape index (κ2) is 12.0. The van der Waals surface area contributed by atoms with Crippen LogP contribution in [0.3, 0.4) is 0 Å². The van der Waals surface area contributed by atoms with Crippen LogP contribution in [0, 0.1) is 0 Å². The zero-order valence-electron chi connectivity index (χ0n) is 21.2. The minimum absolute atomic E-state index is 0.130. The lowest BCUT2D eigenvalue weighted by molar-refractivity contribution is -0.143. The maximum absolute atomic E-state index is 13.3. The van der Waals surface area contributed by atoms with Crippen molar-refractivity contribution in [2.24, 2.45) is 0 Å². The summed E-state index contributed by atoms with van der Waals surface area (Å²) >= 11 is 0. The monoisotopic (exact) mass is 580 g/mol. The molecule has 2 atom stereocenters. The molecular formula is C23H26F6N6O5. The Hall–Kier alpha value is -3.47. The highest BCUT2D eigenvalue weighted by Gasteiger charge is 2.40. The largest absolute Gasteiger partial charge is 0.483 e. The topological polar surface area (TPSA) is 123 Å². The van der Waals surface area contributed by atoms with E-state index in [1.165, 1.54) is 7.11 Å². The van der Waals surface area contributed by atoms with Crippen LogP contribution in [0.25, 0.3) is 0 Å². The number of amides is 1. The van der Waals surface area contributed by atoms with Crippen LogP contribution < -0.4 is 15.2 Å². The molecule has 4 rings (SSSR count). The van der Waals surface area contributed by atoms with Gasteiger partial charge in [-0.2, -0.15) is 31.4 Å². The van der Waals surface area contributed by atoms with E-state index in [0.29, 0.717) is 38.9 Å². The summed E-state index contributed by atoms with van der Waals surface area (Å²) in [6.45, 7) is 0.795. The molecule has 2 saturated heterocycles. The molecule has 11 nitrogen and oxygen atoms in total. The highest BCUT2D eigenvalue weighted by atomic mass is 19.4. The first-order chi connectivity index (χ1) is 18.9. The average molecular weight is 580 g/mol. The van der Waals surface area contributed by atoms with Gasteiger partial charge in [0.25, 0.3) is 11.5 Å². The number of aromatic nitrogens is 4. The Labute approximate surface area is 223 Å². The predicted octanol–water partition coefficient (Wildman–Crippen LogP) is 2.28. The fourth-order valence-electron chi connectivity index (χ4n) is 4.65. The molecule has 2 fully saturated rings. The van der Waals surface area contributed by atoms with E-state index in [0.717, 1.165) is 18.6 Å². The number of nitrogens with one attached hydrogen (secondary N) is 1. The maximum atomic E-state index is 13.3. The number of aromatic amines is 1. The fraction of sp³-hybridized carbons (Fsp3) is 0.609. The van der Waals surface area contributed by atoms with Gasteiger partial charge in [-0.25, -0.2) is 15.1 Å². The number of rotatable bonds is 9. The van der Waals surface area contributed by atoms with Crippen molar-refractivity contribution in [2.45, 2.75) is 49.9 Å². The minimum atomic E-state index is -4.99. The number of piperidine rings is 1. The highest BCUT2D eigenvalue weighted by molar-refractivity contribution is 5.83. The Morgan fingerprint density at radius 2 is 1.65 bits per heavy atom. The number of alkyl halides is 6. The van der Waals surface area contributed by atoms with Crippen molar-refractivity contribution in [3.8, 4) is 5.75 Å². The number of anilines is 1. The van der Waals surface area contributed by atoms with E-state index in [1.54, 1.807) is 14.9 Å². The van der Waals surface area contributed by atoms with Gasteiger partial charge in [-0.05, 0) is 12.8 Å². The van der Waals surface area contributed by atoms with Crippen molar-refractivity contribution < 1.29 is 45.3 Å². The highest BCUT2D eigenvalue weighted by Crippen LogP contribution is 2.33. The minimum Gasteiger partial charge on any atom is -0.483 e. The normalized spacial score (nSPS) is 19.8. The number of H-pyrrole nitrogens is 1. The molecule has 0 spiro atoms. The Balaban J connectivity index is 1.31. The van der Waals surface area contributed by atoms with Crippen molar-refractivity contribution in [3.05, 3.63) is 40.1 Å². The number of carbonyl (C=O) groups excluding carboxylic acids is 1. The Bertz CT molecular complexity index is 1220. The van der Waals surface area contributed by atoms with Gasteiger partial charge in [0.15, 0.2) is 11.3 Å². The molecule has 2 aromatic rings. The third kappa shape index (κ3) is 6.80. The number of hydrogen-bond acceptors (Lipinski definition) is 9. The third-order valence-electron chi connectivity index (χ3n) is 6.58. The van der Waals surface area contributed by atoms with E-state index >= 15 is 0 Å². The van der Waals surface area contributed by atoms with E-state index in [2.05, 4.69) is 15.1 Å². The molecule has 0 aliphatic carbocycles. The van der Waals surface area contributed by atoms with Crippen molar-refractivity contribution in [1.29, 1.82) is 0 Å². The number of methoxy groups -OCH3 is 1. The Kier molecular flexibility index (Phi) is 8.82.